The van der Waals surface area contributed by atoms with Crippen molar-refractivity contribution in [3.05, 3.63) is 0 Å². The van der Waals surface area contributed by atoms with Gasteiger partial charge in [-0.3, -0.25) is 0 Å². The highest BCUT2D eigenvalue weighted by atomic mass is 16.3. The summed E-state index contributed by atoms with van der Waals surface area (Å²) < 4.78 is 0. The lowest BCUT2D eigenvalue weighted by Crippen LogP contribution is -2.40. The van der Waals surface area contributed by atoms with Gasteiger partial charge in [-0.25, -0.2) is 0 Å². The van der Waals surface area contributed by atoms with Gasteiger partial charge < -0.3 is 20.8 Å². The second-order valence-electron chi connectivity index (χ2n) is 4.84. The second-order valence-corrected chi connectivity index (χ2v) is 4.84. The third kappa shape index (κ3) is 9.83. The van der Waals surface area contributed by atoms with Crippen molar-refractivity contribution in [2.75, 3.05) is 26.2 Å². The molecule has 0 aromatic rings. The highest BCUT2D eigenvalue weighted by Crippen LogP contribution is 2.08. The molecule has 4 nitrogen and oxygen atoms in total. The Balaban J connectivity index is 3.84. The molecule has 4 N–H and O–H groups in total. The van der Waals surface area contributed by atoms with Gasteiger partial charge in [-0.2, -0.15) is 0 Å². The van der Waals surface area contributed by atoms with Crippen LogP contribution in [0.25, 0.3) is 0 Å². The second kappa shape index (κ2) is 13.3. The molecule has 110 valence electrons. The van der Waals surface area contributed by atoms with Crippen molar-refractivity contribution in [3.8, 4) is 0 Å². The molecule has 18 heavy (non-hydrogen) atoms. The summed E-state index contributed by atoms with van der Waals surface area (Å²) >= 11 is 0. The minimum atomic E-state index is -0.299. The van der Waals surface area contributed by atoms with Gasteiger partial charge in [-0.05, 0) is 51.7 Å². The van der Waals surface area contributed by atoms with Crippen molar-refractivity contribution in [1.82, 2.24) is 10.6 Å². The van der Waals surface area contributed by atoms with E-state index in [1.54, 1.807) is 0 Å². The molecule has 0 radical (unpaired) electrons. The number of nitrogens with one attached hydrogen (secondary N) is 2. The van der Waals surface area contributed by atoms with E-state index in [0.717, 1.165) is 58.2 Å². The first-order valence-electron chi connectivity index (χ1n) is 7.49. The summed E-state index contributed by atoms with van der Waals surface area (Å²) in [7, 11) is 0. The Kier molecular flexibility index (Phi) is 13.2. The molecule has 0 saturated carbocycles. The van der Waals surface area contributed by atoms with Crippen LogP contribution in [0.1, 0.15) is 52.4 Å². The third-order valence-corrected chi connectivity index (χ3v) is 3.18. The largest absolute Gasteiger partial charge is 0.396 e. The van der Waals surface area contributed by atoms with Crippen LogP contribution >= 0.6 is 0 Å². The highest BCUT2D eigenvalue weighted by Gasteiger charge is 2.17. The summed E-state index contributed by atoms with van der Waals surface area (Å²) in [5.74, 6) is 0. The zero-order chi connectivity index (χ0) is 13.6. The average Bonchev–Trinajstić information content (AvgIpc) is 2.38. The van der Waals surface area contributed by atoms with Crippen LogP contribution in [-0.4, -0.2) is 48.6 Å². The molecule has 0 aromatic heterocycles. The number of hydrogen-bond acceptors (Lipinski definition) is 4. The van der Waals surface area contributed by atoms with Crippen LogP contribution in [0.3, 0.4) is 0 Å². The maximum Gasteiger partial charge on any atom is 0.0693 e. The molecule has 0 aliphatic heterocycles. The maximum atomic E-state index is 10.2. The van der Waals surface area contributed by atoms with Crippen LogP contribution in [0.4, 0.5) is 0 Å². The van der Waals surface area contributed by atoms with Gasteiger partial charge in [0.05, 0.1) is 6.10 Å². The van der Waals surface area contributed by atoms with Gasteiger partial charge in [0.2, 0.25) is 0 Å². The molecule has 0 aliphatic rings. The van der Waals surface area contributed by atoms with Gasteiger partial charge in [-0.1, -0.05) is 20.3 Å². The van der Waals surface area contributed by atoms with Crippen molar-refractivity contribution in [3.63, 3.8) is 0 Å². The van der Waals surface area contributed by atoms with Crippen molar-refractivity contribution < 1.29 is 10.2 Å². The van der Waals surface area contributed by atoms with Crippen LogP contribution in [0, 0.1) is 0 Å². The molecule has 2 atom stereocenters. The monoisotopic (exact) mass is 260 g/mol. The summed E-state index contributed by atoms with van der Waals surface area (Å²) in [6.45, 7) is 7.37. The summed E-state index contributed by atoms with van der Waals surface area (Å²) in [6.07, 6.45) is 5.43. The predicted octanol–water partition coefficient (Wildman–Crippen LogP) is 1.27. The third-order valence-electron chi connectivity index (χ3n) is 3.18. The first-order valence-corrected chi connectivity index (χ1v) is 7.49. The van der Waals surface area contributed by atoms with Gasteiger partial charge >= 0.3 is 0 Å². The maximum absolute atomic E-state index is 10.2. The molecule has 0 bridgehead atoms. The molecule has 0 heterocycles. The van der Waals surface area contributed by atoms with Crippen LogP contribution in [0.2, 0.25) is 0 Å². The van der Waals surface area contributed by atoms with Crippen LogP contribution < -0.4 is 10.6 Å². The average molecular weight is 260 g/mol. The smallest absolute Gasteiger partial charge is 0.0693 e. The fourth-order valence-electron chi connectivity index (χ4n) is 2.02. The zero-order valence-corrected chi connectivity index (χ0v) is 12.1. The Morgan fingerprint density at radius 2 is 1.78 bits per heavy atom. The van der Waals surface area contributed by atoms with Crippen LogP contribution in [0.15, 0.2) is 0 Å². The number of hydrogen-bond donors (Lipinski definition) is 4. The van der Waals surface area contributed by atoms with E-state index in [-0.39, 0.29) is 18.8 Å². The molecule has 2 unspecified atom stereocenters. The Labute approximate surface area is 112 Å². The van der Waals surface area contributed by atoms with Crippen LogP contribution in [0.5, 0.6) is 0 Å². The minimum Gasteiger partial charge on any atom is -0.396 e. The van der Waals surface area contributed by atoms with Gasteiger partial charge in [0.15, 0.2) is 0 Å². The van der Waals surface area contributed by atoms with E-state index in [2.05, 4.69) is 24.5 Å². The molecule has 0 saturated heterocycles. The molecular formula is C14H32N2O2. The highest BCUT2D eigenvalue weighted by molar-refractivity contribution is 4.76. The fraction of sp³-hybridized carbons (Fsp3) is 1.00. The van der Waals surface area contributed by atoms with Gasteiger partial charge in [-0.15, -0.1) is 0 Å². The quantitative estimate of drug-likeness (QED) is 0.377. The van der Waals surface area contributed by atoms with E-state index in [4.69, 9.17) is 5.11 Å². The molecule has 0 fully saturated rings. The Morgan fingerprint density at radius 3 is 2.39 bits per heavy atom. The van der Waals surface area contributed by atoms with E-state index in [1.165, 1.54) is 0 Å². The fourth-order valence-corrected chi connectivity index (χ4v) is 2.02. The Bertz CT molecular complexity index is 168. The predicted molar refractivity (Wildman–Crippen MR) is 76.8 cm³/mol. The van der Waals surface area contributed by atoms with Gasteiger partial charge in [0, 0.05) is 12.6 Å². The molecule has 0 rings (SSSR count). The SMILES string of the molecule is CCCCNC(CCCO)C(O)CCCNCC. The Hall–Kier alpha value is -0.160. The van der Waals surface area contributed by atoms with Crippen LogP contribution in [-0.2, 0) is 0 Å². The number of rotatable bonds is 13. The molecule has 0 aromatic carbocycles. The van der Waals surface area contributed by atoms with E-state index in [1.807, 2.05) is 0 Å². The van der Waals surface area contributed by atoms with Crippen molar-refractivity contribution in [1.29, 1.82) is 0 Å². The molecular weight excluding hydrogens is 228 g/mol. The van der Waals surface area contributed by atoms with E-state index < -0.39 is 0 Å². The lowest BCUT2D eigenvalue weighted by Gasteiger charge is -2.24. The molecule has 0 aliphatic carbocycles. The lowest BCUT2D eigenvalue weighted by atomic mass is 10.0. The number of unbranched alkanes of at least 4 members (excludes halogenated alkanes) is 1. The summed E-state index contributed by atoms with van der Waals surface area (Å²) in [5, 5.41) is 25.7. The van der Waals surface area contributed by atoms with Crippen molar-refractivity contribution in [2.24, 2.45) is 0 Å². The van der Waals surface area contributed by atoms with E-state index in [9.17, 15) is 5.11 Å². The summed E-state index contributed by atoms with van der Waals surface area (Å²) in [6, 6.07) is 0.130. The van der Waals surface area contributed by atoms with E-state index >= 15 is 0 Å². The Morgan fingerprint density at radius 1 is 1.00 bits per heavy atom. The molecule has 0 spiro atoms. The molecule has 4 heteroatoms. The van der Waals surface area contributed by atoms with Crippen molar-refractivity contribution in [2.45, 2.75) is 64.5 Å². The number of aliphatic hydroxyl groups excluding tert-OH is 2. The molecule has 0 amide bonds. The van der Waals surface area contributed by atoms with Gasteiger partial charge in [0.1, 0.15) is 0 Å². The zero-order valence-electron chi connectivity index (χ0n) is 12.1. The summed E-state index contributed by atoms with van der Waals surface area (Å²) in [5.41, 5.74) is 0. The summed E-state index contributed by atoms with van der Waals surface area (Å²) in [4.78, 5) is 0. The normalized spacial score (nSPS) is 14.7. The van der Waals surface area contributed by atoms with Gasteiger partial charge in [0.25, 0.3) is 0 Å². The van der Waals surface area contributed by atoms with Crippen molar-refractivity contribution >= 4 is 0 Å². The van der Waals surface area contributed by atoms with E-state index in [0.29, 0.717) is 0 Å². The first-order chi connectivity index (χ1) is 8.76. The lowest BCUT2D eigenvalue weighted by molar-refractivity contribution is 0.107. The number of aliphatic hydroxyl groups is 2. The standard InChI is InChI=1S/C14H32N2O2/c1-3-5-11-16-13(8-7-12-17)14(18)9-6-10-15-4-2/h13-18H,3-12H2,1-2H3. The first kappa shape index (κ1) is 17.8. The topological polar surface area (TPSA) is 64.5 Å². The minimum absolute atomic E-state index is 0.130.